The van der Waals surface area contributed by atoms with Gasteiger partial charge in [0.05, 0.1) is 16.3 Å². The van der Waals surface area contributed by atoms with Crippen LogP contribution in [0.5, 0.6) is 0 Å². The van der Waals surface area contributed by atoms with Gasteiger partial charge in [0.25, 0.3) is 0 Å². The third-order valence-corrected chi connectivity index (χ3v) is 3.01. The second-order valence-corrected chi connectivity index (χ2v) is 4.16. The Morgan fingerprint density at radius 3 is 2.56 bits per heavy atom. The van der Waals surface area contributed by atoms with Gasteiger partial charge in [-0.25, -0.2) is 9.18 Å². The van der Waals surface area contributed by atoms with Crippen LogP contribution in [-0.2, 0) is 0 Å². The monoisotopic (exact) mass is 243 g/mol. The molecule has 0 aromatic heterocycles. The SMILES string of the molecule is O=C(O)c1ccc(Cl)c(F)c1N1CCCC1. The van der Waals surface area contributed by atoms with Crippen LogP contribution in [0.15, 0.2) is 12.1 Å². The van der Waals surface area contributed by atoms with E-state index >= 15 is 0 Å². The van der Waals surface area contributed by atoms with Crippen molar-refractivity contribution in [2.45, 2.75) is 12.8 Å². The van der Waals surface area contributed by atoms with Gasteiger partial charge in [0.15, 0.2) is 5.82 Å². The molecule has 1 N–H and O–H groups in total. The minimum atomic E-state index is -1.13. The normalized spacial score (nSPS) is 15.5. The van der Waals surface area contributed by atoms with Crippen molar-refractivity contribution >= 4 is 23.3 Å². The molecule has 1 aromatic rings. The Kier molecular flexibility index (Phi) is 3.01. The van der Waals surface area contributed by atoms with Gasteiger partial charge >= 0.3 is 5.97 Å². The van der Waals surface area contributed by atoms with E-state index < -0.39 is 11.8 Å². The predicted octanol–water partition coefficient (Wildman–Crippen LogP) is 2.78. The molecule has 0 spiro atoms. The molecular weight excluding hydrogens is 233 g/mol. The lowest BCUT2D eigenvalue weighted by Crippen LogP contribution is -2.22. The molecule has 0 atom stereocenters. The average molecular weight is 244 g/mol. The smallest absolute Gasteiger partial charge is 0.337 e. The third kappa shape index (κ3) is 1.85. The molecule has 0 amide bonds. The van der Waals surface area contributed by atoms with Crippen LogP contribution in [0.3, 0.4) is 0 Å². The highest BCUT2D eigenvalue weighted by molar-refractivity contribution is 6.31. The quantitative estimate of drug-likeness (QED) is 0.868. The molecule has 2 rings (SSSR count). The maximum atomic E-state index is 13.8. The van der Waals surface area contributed by atoms with Crippen molar-refractivity contribution in [3.8, 4) is 0 Å². The molecule has 0 aliphatic carbocycles. The van der Waals surface area contributed by atoms with Gasteiger partial charge in [-0.05, 0) is 25.0 Å². The van der Waals surface area contributed by atoms with Crippen LogP contribution in [0.2, 0.25) is 5.02 Å². The number of carboxylic acid groups (broad SMARTS) is 1. The first-order valence-corrected chi connectivity index (χ1v) is 5.45. The standard InChI is InChI=1S/C11H11ClFNO2/c12-8-4-3-7(11(15)16)10(9(8)13)14-5-1-2-6-14/h3-4H,1-2,5-6H2,(H,15,16). The number of carbonyl (C=O) groups is 1. The number of hydrogen-bond donors (Lipinski definition) is 1. The van der Waals surface area contributed by atoms with Crippen LogP contribution in [0.25, 0.3) is 0 Å². The number of nitrogens with zero attached hydrogens (tertiary/aromatic N) is 1. The first kappa shape index (κ1) is 11.2. The zero-order valence-electron chi connectivity index (χ0n) is 8.54. The molecule has 1 heterocycles. The highest BCUT2D eigenvalue weighted by atomic mass is 35.5. The summed E-state index contributed by atoms with van der Waals surface area (Å²) in [6.45, 7) is 1.36. The Hall–Kier alpha value is -1.29. The molecule has 1 aromatic carbocycles. The summed E-state index contributed by atoms with van der Waals surface area (Å²) in [4.78, 5) is 12.7. The summed E-state index contributed by atoms with van der Waals surface area (Å²) >= 11 is 5.67. The number of benzene rings is 1. The fourth-order valence-corrected chi connectivity index (χ4v) is 2.11. The van der Waals surface area contributed by atoms with Crippen LogP contribution in [0.1, 0.15) is 23.2 Å². The van der Waals surface area contributed by atoms with E-state index in [1.165, 1.54) is 12.1 Å². The molecule has 1 fully saturated rings. The first-order valence-electron chi connectivity index (χ1n) is 5.07. The second kappa shape index (κ2) is 4.29. The molecular formula is C11H11ClFNO2. The molecule has 16 heavy (non-hydrogen) atoms. The van der Waals surface area contributed by atoms with E-state index in [4.69, 9.17) is 16.7 Å². The fraction of sp³-hybridized carbons (Fsp3) is 0.364. The van der Waals surface area contributed by atoms with E-state index in [0.29, 0.717) is 13.1 Å². The Balaban J connectivity index is 2.53. The molecule has 3 nitrogen and oxygen atoms in total. The zero-order chi connectivity index (χ0) is 11.7. The van der Waals surface area contributed by atoms with E-state index in [2.05, 4.69) is 0 Å². The molecule has 5 heteroatoms. The van der Waals surface area contributed by atoms with Crippen LogP contribution < -0.4 is 4.90 Å². The van der Waals surface area contributed by atoms with E-state index in [9.17, 15) is 9.18 Å². The Morgan fingerprint density at radius 2 is 2.00 bits per heavy atom. The van der Waals surface area contributed by atoms with Gasteiger partial charge in [-0.1, -0.05) is 11.6 Å². The van der Waals surface area contributed by atoms with E-state index in [0.717, 1.165) is 12.8 Å². The Labute approximate surface area is 97.4 Å². The van der Waals surface area contributed by atoms with Gasteiger partial charge in [0.2, 0.25) is 0 Å². The van der Waals surface area contributed by atoms with Crippen molar-refractivity contribution in [2.24, 2.45) is 0 Å². The predicted molar refractivity (Wildman–Crippen MR) is 59.8 cm³/mol. The van der Waals surface area contributed by atoms with Crippen LogP contribution in [0.4, 0.5) is 10.1 Å². The van der Waals surface area contributed by atoms with Gasteiger partial charge in [-0.15, -0.1) is 0 Å². The summed E-state index contributed by atoms with van der Waals surface area (Å²) in [5.41, 5.74) is 0.0984. The highest BCUT2D eigenvalue weighted by Crippen LogP contribution is 2.32. The van der Waals surface area contributed by atoms with E-state index in [1.54, 1.807) is 4.90 Å². The number of hydrogen-bond acceptors (Lipinski definition) is 2. The lowest BCUT2D eigenvalue weighted by atomic mass is 10.1. The van der Waals surface area contributed by atoms with Crippen molar-refractivity contribution in [3.05, 3.63) is 28.5 Å². The van der Waals surface area contributed by atoms with Gasteiger partial charge in [0.1, 0.15) is 0 Å². The number of carboxylic acids is 1. The average Bonchev–Trinajstić information content (AvgIpc) is 2.74. The highest BCUT2D eigenvalue weighted by Gasteiger charge is 2.24. The fourth-order valence-electron chi connectivity index (χ4n) is 1.96. The lowest BCUT2D eigenvalue weighted by Gasteiger charge is -2.20. The molecule has 0 radical (unpaired) electrons. The maximum Gasteiger partial charge on any atom is 0.337 e. The largest absolute Gasteiger partial charge is 0.478 e. The Bertz CT molecular complexity index is 430. The van der Waals surface area contributed by atoms with Crippen molar-refractivity contribution in [1.82, 2.24) is 0 Å². The lowest BCUT2D eigenvalue weighted by molar-refractivity contribution is 0.0697. The van der Waals surface area contributed by atoms with E-state index in [-0.39, 0.29) is 16.3 Å². The number of halogens is 2. The molecule has 0 bridgehead atoms. The zero-order valence-corrected chi connectivity index (χ0v) is 9.30. The summed E-state index contributed by atoms with van der Waals surface area (Å²) in [7, 11) is 0. The first-order chi connectivity index (χ1) is 7.61. The van der Waals surface area contributed by atoms with Crippen LogP contribution in [0, 0.1) is 5.82 Å². The summed E-state index contributed by atoms with van der Waals surface area (Å²) in [6, 6.07) is 2.63. The number of rotatable bonds is 2. The maximum absolute atomic E-state index is 13.8. The molecule has 1 aliphatic heterocycles. The third-order valence-electron chi connectivity index (χ3n) is 2.72. The van der Waals surface area contributed by atoms with E-state index in [1.807, 2.05) is 0 Å². The molecule has 1 saturated heterocycles. The summed E-state index contributed by atoms with van der Waals surface area (Å²) in [5.74, 6) is -1.76. The van der Waals surface area contributed by atoms with Crippen molar-refractivity contribution in [2.75, 3.05) is 18.0 Å². The summed E-state index contributed by atoms with van der Waals surface area (Å²) in [5, 5.41) is 8.97. The molecule has 0 saturated carbocycles. The molecule has 0 unspecified atom stereocenters. The minimum absolute atomic E-state index is 0.0243. The topological polar surface area (TPSA) is 40.5 Å². The van der Waals surface area contributed by atoms with Crippen LogP contribution in [-0.4, -0.2) is 24.2 Å². The molecule has 86 valence electrons. The Morgan fingerprint density at radius 1 is 1.38 bits per heavy atom. The number of aromatic carboxylic acids is 1. The van der Waals surface area contributed by atoms with Crippen molar-refractivity contribution in [3.63, 3.8) is 0 Å². The van der Waals surface area contributed by atoms with Gasteiger partial charge in [-0.2, -0.15) is 0 Å². The molecule has 1 aliphatic rings. The van der Waals surface area contributed by atoms with Gasteiger partial charge in [0, 0.05) is 13.1 Å². The minimum Gasteiger partial charge on any atom is -0.478 e. The second-order valence-electron chi connectivity index (χ2n) is 3.76. The summed E-state index contributed by atoms with van der Waals surface area (Å²) in [6.07, 6.45) is 1.90. The van der Waals surface area contributed by atoms with Gasteiger partial charge < -0.3 is 10.0 Å². The number of anilines is 1. The van der Waals surface area contributed by atoms with Crippen molar-refractivity contribution < 1.29 is 14.3 Å². The van der Waals surface area contributed by atoms with Crippen molar-refractivity contribution in [1.29, 1.82) is 0 Å². The van der Waals surface area contributed by atoms with Crippen LogP contribution >= 0.6 is 11.6 Å². The van der Waals surface area contributed by atoms with Gasteiger partial charge in [-0.3, -0.25) is 0 Å². The summed E-state index contributed by atoms with van der Waals surface area (Å²) < 4.78 is 13.8.